The Kier molecular flexibility index (Phi) is 18.1. The van der Waals surface area contributed by atoms with Crippen molar-refractivity contribution in [1.82, 2.24) is 0 Å². The zero-order valence-corrected chi connectivity index (χ0v) is 49.2. The van der Waals surface area contributed by atoms with Gasteiger partial charge in [0.1, 0.15) is 6.29 Å². The van der Waals surface area contributed by atoms with Crippen molar-refractivity contribution < 1.29 is 18.3 Å². The van der Waals surface area contributed by atoms with Crippen molar-refractivity contribution >= 4 is 24.5 Å². The van der Waals surface area contributed by atoms with Crippen LogP contribution < -0.4 is 0 Å². The molecular weight excluding hydrogens is 917 g/mol. The SMILES string of the molecule is CCC(CCC(C)C1CCC2C3CC=C4CC(OC(CC[C@H](C)C5CCC6C7CCC8C[C@@H](OC)CC[C@@]8(C)C7CC[C@]65C)O[Si](C)(C)OCCCCCCBr)CCC4(C)C3CCC12C)C(C)C. The highest BCUT2D eigenvalue weighted by molar-refractivity contribution is 9.09. The monoisotopic (exact) mass is 1020 g/mol. The van der Waals surface area contributed by atoms with Gasteiger partial charge in [0.05, 0.1) is 12.2 Å². The largest absolute Gasteiger partial charge is 0.394 e. The van der Waals surface area contributed by atoms with Crippen LogP contribution in [-0.4, -0.2) is 46.1 Å². The maximum absolute atomic E-state index is 7.38. The minimum absolute atomic E-state index is 0.169. The molecule has 7 fully saturated rings. The van der Waals surface area contributed by atoms with Crippen LogP contribution in [-0.2, 0) is 18.3 Å². The topological polar surface area (TPSA) is 36.9 Å². The molecule has 4 nitrogen and oxygen atoms in total. The van der Waals surface area contributed by atoms with Crippen LogP contribution in [0.4, 0.5) is 0 Å². The lowest BCUT2D eigenvalue weighted by molar-refractivity contribution is -0.153. The number of fused-ring (bicyclic) bond motifs is 10. The number of allylic oxidation sites excluding steroid dienone is 1. The summed E-state index contributed by atoms with van der Waals surface area (Å²) in [5.41, 5.74) is 3.64. The molecule has 8 aliphatic rings. The molecule has 8 aliphatic carbocycles. The first-order valence-corrected chi connectivity index (χ1v) is 34.1. The summed E-state index contributed by atoms with van der Waals surface area (Å²) in [6.45, 7) is 29.0. The molecule has 6 heteroatoms. The maximum Gasteiger partial charge on any atom is 0.333 e. The van der Waals surface area contributed by atoms with Gasteiger partial charge in [0, 0.05) is 19.0 Å². The van der Waals surface area contributed by atoms with E-state index >= 15 is 0 Å². The molecule has 392 valence electrons. The van der Waals surface area contributed by atoms with Gasteiger partial charge in [0.15, 0.2) is 0 Å². The first-order chi connectivity index (χ1) is 32.4. The van der Waals surface area contributed by atoms with E-state index in [0.717, 1.165) is 102 Å². The molecule has 15 unspecified atom stereocenters. The van der Waals surface area contributed by atoms with E-state index in [-0.39, 0.29) is 12.4 Å². The van der Waals surface area contributed by atoms with E-state index in [9.17, 15) is 0 Å². The Morgan fingerprint density at radius 2 is 1.28 bits per heavy atom. The average molecular weight is 1030 g/mol. The van der Waals surface area contributed by atoms with Crippen LogP contribution in [0.3, 0.4) is 0 Å². The van der Waals surface area contributed by atoms with Crippen molar-refractivity contribution in [2.45, 2.75) is 261 Å². The molecule has 0 spiro atoms. The Bertz CT molecular complexity index is 1650. The Hall–Kier alpha value is 0.277. The molecule has 0 bridgehead atoms. The zero-order chi connectivity index (χ0) is 48.6. The lowest BCUT2D eigenvalue weighted by atomic mass is 9.44. The molecule has 7 saturated carbocycles. The standard InChI is InChI=1S/C62H109BrO4Si/c1-13-45(42(2)3)20-18-43(4)52-25-27-54-51-24-22-47-41-49(31-35-60(47,7)57(51)33-36-61(52,54)8)66-58(67-68(11,12)65-39-17-15-14-16-38-63)29-19-44(5)53-26-28-55-50-23-21-46-40-48(64-10)30-34-59(46,6)56(50)32-37-62(53,55)9/h22,42-46,48-58H,13-21,23-41H2,1-12H3/t43?,44-,45?,46?,48-,49?,50?,51?,52?,53?,54?,55?,56?,57?,58?,59+,60?,61?,62-/m0/s1. The van der Waals surface area contributed by atoms with Gasteiger partial charge in [-0.25, -0.2) is 0 Å². The Morgan fingerprint density at radius 3 is 1.94 bits per heavy atom. The van der Waals surface area contributed by atoms with Crippen molar-refractivity contribution in [1.29, 1.82) is 0 Å². The van der Waals surface area contributed by atoms with Crippen LogP contribution in [0.5, 0.6) is 0 Å². The molecule has 68 heavy (non-hydrogen) atoms. The molecule has 0 aromatic heterocycles. The summed E-state index contributed by atoms with van der Waals surface area (Å²) in [6.07, 6.45) is 38.1. The maximum atomic E-state index is 7.38. The lowest BCUT2D eigenvalue weighted by Crippen LogP contribution is -2.54. The van der Waals surface area contributed by atoms with E-state index in [1.54, 1.807) is 5.57 Å². The van der Waals surface area contributed by atoms with E-state index < -0.39 is 8.56 Å². The summed E-state index contributed by atoms with van der Waals surface area (Å²) in [5.74, 6) is 11.3. The summed E-state index contributed by atoms with van der Waals surface area (Å²) in [5, 5.41) is 1.10. The summed E-state index contributed by atoms with van der Waals surface area (Å²) in [4.78, 5) is 0. The van der Waals surface area contributed by atoms with Gasteiger partial charge in [-0.05, 0) is 253 Å². The van der Waals surface area contributed by atoms with Gasteiger partial charge in [-0.3, -0.25) is 0 Å². The first-order valence-electron chi connectivity index (χ1n) is 30.2. The van der Waals surface area contributed by atoms with Crippen molar-refractivity contribution in [3.05, 3.63) is 11.6 Å². The predicted molar refractivity (Wildman–Crippen MR) is 292 cm³/mol. The smallest absolute Gasteiger partial charge is 0.333 e. The van der Waals surface area contributed by atoms with E-state index in [0.29, 0.717) is 33.7 Å². The lowest BCUT2D eigenvalue weighted by Gasteiger charge is -2.61. The predicted octanol–water partition coefficient (Wildman–Crippen LogP) is 18.2. The second-order valence-corrected chi connectivity index (χ2v) is 32.0. The van der Waals surface area contributed by atoms with Crippen LogP contribution in [0.15, 0.2) is 11.6 Å². The first kappa shape index (κ1) is 54.5. The normalized spacial score (nSPS) is 43.0. The quantitative estimate of drug-likeness (QED) is 0.0356. The minimum Gasteiger partial charge on any atom is -0.394 e. The Balaban J connectivity index is 0.906. The Labute approximate surface area is 430 Å². The van der Waals surface area contributed by atoms with Gasteiger partial charge in [0.25, 0.3) is 0 Å². The van der Waals surface area contributed by atoms with Crippen LogP contribution in [0, 0.1) is 98.6 Å². The zero-order valence-electron chi connectivity index (χ0n) is 46.6. The fraction of sp³-hybridized carbons (Fsp3) is 0.968. The molecule has 0 aliphatic heterocycles. The highest BCUT2D eigenvalue weighted by atomic mass is 79.9. The van der Waals surface area contributed by atoms with E-state index in [1.165, 1.54) is 148 Å². The van der Waals surface area contributed by atoms with Gasteiger partial charge in [-0.15, -0.1) is 0 Å². The van der Waals surface area contributed by atoms with Crippen molar-refractivity contribution in [2.75, 3.05) is 19.0 Å². The van der Waals surface area contributed by atoms with E-state index in [4.69, 9.17) is 18.3 Å². The highest BCUT2D eigenvalue weighted by Crippen LogP contribution is 2.70. The third kappa shape index (κ3) is 11.0. The fourth-order valence-electron chi connectivity index (χ4n) is 20.0. The second kappa shape index (κ2) is 22.6. The number of hydrogen-bond acceptors (Lipinski definition) is 4. The van der Waals surface area contributed by atoms with Crippen LogP contribution in [0.1, 0.15) is 229 Å². The van der Waals surface area contributed by atoms with Gasteiger partial charge in [-0.2, -0.15) is 0 Å². The molecule has 0 radical (unpaired) electrons. The van der Waals surface area contributed by atoms with E-state index in [2.05, 4.69) is 97.4 Å². The van der Waals surface area contributed by atoms with Crippen molar-refractivity contribution in [3.8, 4) is 0 Å². The molecule has 0 N–H and O–H groups in total. The number of halogens is 1. The van der Waals surface area contributed by atoms with Gasteiger partial charge < -0.3 is 18.3 Å². The number of alkyl halides is 1. The summed E-state index contributed by atoms with van der Waals surface area (Å²) in [7, 11) is -0.442. The van der Waals surface area contributed by atoms with Crippen LogP contribution in [0.2, 0.25) is 13.1 Å². The number of ether oxygens (including phenoxy) is 2. The molecule has 0 aromatic carbocycles. The number of rotatable bonds is 22. The van der Waals surface area contributed by atoms with Crippen LogP contribution in [0.25, 0.3) is 0 Å². The van der Waals surface area contributed by atoms with Crippen LogP contribution >= 0.6 is 15.9 Å². The van der Waals surface area contributed by atoms with Crippen molar-refractivity contribution in [3.63, 3.8) is 0 Å². The van der Waals surface area contributed by atoms with Gasteiger partial charge in [0.2, 0.25) is 0 Å². The molecular formula is C62H109BrO4Si. The number of methoxy groups -OCH3 is 1. The van der Waals surface area contributed by atoms with E-state index in [1.807, 2.05) is 7.11 Å². The molecule has 0 saturated heterocycles. The molecule has 8 rings (SSSR count). The molecule has 0 heterocycles. The summed E-state index contributed by atoms with van der Waals surface area (Å²) < 4.78 is 27.2. The molecule has 0 amide bonds. The fourth-order valence-corrected chi connectivity index (χ4v) is 21.9. The Morgan fingerprint density at radius 1 is 0.662 bits per heavy atom. The second-order valence-electron chi connectivity index (χ2n) is 27.9. The third-order valence-corrected chi connectivity index (χ3v) is 26.4. The van der Waals surface area contributed by atoms with Crippen molar-refractivity contribution in [2.24, 2.45) is 98.6 Å². The highest BCUT2D eigenvalue weighted by Gasteiger charge is 2.62. The average Bonchev–Trinajstić information content (AvgIpc) is 3.86. The molecule has 0 aromatic rings. The van der Waals surface area contributed by atoms with Gasteiger partial charge >= 0.3 is 8.56 Å². The molecule has 19 atom stereocenters. The van der Waals surface area contributed by atoms with Gasteiger partial charge in [-0.1, -0.05) is 116 Å². The minimum atomic E-state index is -2.40. The number of hydrogen-bond donors (Lipinski definition) is 0. The summed E-state index contributed by atoms with van der Waals surface area (Å²) in [6, 6.07) is 0. The summed E-state index contributed by atoms with van der Waals surface area (Å²) >= 11 is 3.62. The third-order valence-electron chi connectivity index (χ3n) is 24.1. The number of unbranched alkanes of at least 4 members (excludes halogenated alkanes) is 3.